The van der Waals surface area contributed by atoms with Gasteiger partial charge in [-0.15, -0.1) is 0 Å². The summed E-state index contributed by atoms with van der Waals surface area (Å²) in [4.78, 5) is 79.1. The van der Waals surface area contributed by atoms with Gasteiger partial charge in [0.15, 0.2) is 23.9 Å². The fourth-order valence-electron chi connectivity index (χ4n) is 5.72. The zero-order valence-electron chi connectivity index (χ0n) is 26.5. The van der Waals surface area contributed by atoms with Gasteiger partial charge in [0.1, 0.15) is 12.1 Å². The molecule has 16 nitrogen and oxygen atoms in total. The first-order valence-electron chi connectivity index (χ1n) is 16.0. The van der Waals surface area contributed by atoms with Gasteiger partial charge in [0.05, 0.1) is 5.69 Å². The monoisotopic (exact) mass is 689 g/mol. The first-order chi connectivity index (χ1) is 23.4. The van der Waals surface area contributed by atoms with Gasteiger partial charge in [-0.25, -0.2) is 18.3 Å². The van der Waals surface area contributed by atoms with Gasteiger partial charge in [-0.3, -0.25) is 24.0 Å². The summed E-state index contributed by atoms with van der Waals surface area (Å²) in [6, 6.07) is 1.93. The number of carbonyl (C=O) groups excluding carboxylic acids is 4. The number of benzene rings is 1. The standard InChI is InChI=1S/C31H37F2N7O9/c32-20-6-5-19(14-21(20)33)40-26(49-17-25(41)39-9-1-2-24(39)29(45)34-16-18-3-4-18)15-23(36-40)28(44)35-22(7-8-27(42)43)30(46)37-10-12-38(13-11-37)31(47)48/h5-6,14-15,18,22,24H,1-4,7-13,16-17H2,(H,34,45)(H,35,44)(H,42,43)(H,47,48)/t22-,24-/m0/s1. The maximum atomic E-state index is 14.2. The molecule has 3 fully saturated rings. The number of aromatic nitrogens is 2. The lowest BCUT2D eigenvalue weighted by Gasteiger charge is -2.35. The molecule has 49 heavy (non-hydrogen) atoms. The molecule has 0 unspecified atom stereocenters. The summed E-state index contributed by atoms with van der Waals surface area (Å²) in [5.74, 6) is -5.66. The van der Waals surface area contributed by atoms with E-state index >= 15 is 0 Å². The summed E-state index contributed by atoms with van der Waals surface area (Å²) in [7, 11) is 0. The minimum absolute atomic E-state index is 0.0292. The van der Waals surface area contributed by atoms with Crippen molar-refractivity contribution in [3.8, 4) is 11.6 Å². The normalized spacial score (nSPS) is 18.2. The van der Waals surface area contributed by atoms with Crippen LogP contribution < -0.4 is 15.4 Å². The number of amides is 5. The van der Waals surface area contributed by atoms with E-state index in [0.29, 0.717) is 31.8 Å². The van der Waals surface area contributed by atoms with Crippen LogP contribution in [0.5, 0.6) is 5.88 Å². The Morgan fingerprint density at radius 1 is 0.939 bits per heavy atom. The Balaban J connectivity index is 1.32. The molecule has 0 radical (unpaired) electrons. The number of ether oxygens (including phenoxy) is 1. The molecule has 2 aromatic rings. The number of hydrogen-bond donors (Lipinski definition) is 4. The molecule has 1 aliphatic carbocycles. The Morgan fingerprint density at radius 2 is 1.65 bits per heavy atom. The highest BCUT2D eigenvalue weighted by molar-refractivity contribution is 5.96. The Labute approximate surface area is 278 Å². The lowest BCUT2D eigenvalue weighted by molar-refractivity contribution is -0.140. The predicted octanol–water partition coefficient (Wildman–Crippen LogP) is 0.832. The van der Waals surface area contributed by atoms with Crippen molar-refractivity contribution in [3.63, 3.8) is 0 Å². The van der Waals surface area contributed by atoms with Crippen LogP contribution in [0.25, 0.3) is 5.69 Å². The highest BCUT2D eigenvalue weighted by atomic mass is 19.2. The van der Waals surface area contributed by atoms with Crippen molar-refractivity contribution >= 4 is 35.7 Å². The van der Waals surface area contributed by atoms with Crippen LogP contribution in [0.2, 0.25) is 0 Å². The molecule has 3 heterocycles. The fraction of sp³-hybridized carbons (Fsp3) is 0.516. The molecular formula is C31H37F2N7O9. The average Bonchev–Trinajstić information content (AvgIpc) is 3.60. The van der Waals surface area contributed by atoms with E-state index in [1.54, 1.807) is 0 Å². The molecule has 4 N–H and O–H groups in total. The molecule has 2 atom stereocenters. The highest BCUT2D eigenvalue weighted by Gasteiger charge is 2.36. The van der Waals surface area contributed by atoms with Crippen LogP contribution in [-0.4, -0.2) is 128 Å². The number of carbonyl (C=O) groups is 6. The number of rotatable bonds is 13. The second kappa shape index (κ2) is 15.3. The van der Waals surface area contributed by atoms with Crippen molar-refractivity contribution in [1.82, 2.24) is 35.1 Å². The number of nitrogens with one attached hydrogen (secondary N) is 2. The quantitative estimate of drug-likeness (QED) is 0.233. The third-order valence-corrected chi connectivity index (χ3v) is 8.65. The van der Waals surface area contributed by atoms with Crippen molar-refractivity contribution in [2.24, 2.45) is 5.92 Å². The Kier molecular flexibility index (Phi) is 10.9. The smallest absolute Gasteiger partial charge is 0.407 e. The van der Waals surface area contributed by atoms with Crippen LogP contribution in [0.1, 0.15) is 49.0 Å². The molecule has 2 aliphatic heterocycles. The van der Waals surface area contributed by atoms with Crippen molar-refractivity contribution in [3.05, 3.63) is 41.6 Å². The van der Waals surface area contributed by atoms with Gasteiger partial charge in [-0.2, -0.15) is 5.10 Å². The number of hydrogen-bond acceptors (Lipinski definition) is 8. The van der Waals surface area contributed by atoms with E-state index in [9.17, 15) is 47.8 Å². The maximum absolute atomic E-state index is 14.2. The predicted molar refractivity (Wildman–Crippen MR) is 164 cm³/mol. The van der Waals surface area contributed by atoms with Crippen molar-refractivity contribution < 1.29 is 52.5 Å². The number of piperazine rings is 1. The van der Waals surface area contributed by atoms with E-state index in [4.69, 9.17) is 4.74 Å². The van der Waals surface area contributed by atoms with Crippen LogP contribution in [0.3, 0.4) is 0 Å². The SMILES string of the molecule is O=C(O)CC[C@H](NC(=O)c1cc(OCC(=O)N2CCC[C@H]2C(=O)NCC2CC2)n(-c2ccc(F)c(F)c2)n1)C(=O)N1CCN(C(=O)O)CC1. The maximum Gasteiger partial charge on any atom is 0.407 e. The second-order valence-electron chi connectivity index (χ2n) is 12.2. The molecule has 1 aromatic carbocycles. The van der Waals surface area contributed by atoms with Crippen molar-refractivity contribution in [1.29, 1.82) is 0 Å². The molecule has 0 bridgehead atoms. The minimum atomic E-state index is -1.32. The first kappa shape index (κ1) is 35.0. The highest BCUT2D eigenvalue weighted by Crippen LogP contribution is 2.28. The van der Waals surface area contributed by atoms with Crippen LogP contribution in [-0.2, 0) is 19.2 Å². The molecule has 3 aliphatic rings. The van der Waals surface area contributed by atoms with Crippen molar-refractivity contribution in [2.75, 3.05) is 45.9 Å². The molecule has 264 valence electrons. The Bertz CT molecular complexity index is 1610. The number of nitrogens with zero attached hydrogens (tertiary/aromatic N) is 5. The first-order valence-corrected chi connectivity index (χ1v) is 16.0. The third-order valence-electron chi connectivity index (χ3n) is 8.65. The van der Waals surface area contributed by atoms with Gasteiger partial charge in [-0.1, -0.05) is 0 Å². The molecule has 0 spiro atoms. The average molecular weight is 690 g/mol. The molecule has 2 saturated heterocycles. The van der Waals surface area contributed by atoms with Gasteiger partial charge >= 0.3 is 12.1 Å². The van der Waals surface area contributed by atoms with E-state index in [2.05, 4.69) is 15.7 Å². The third kappa shape index (κ3) is 8.80. The molecule has 1 saturated carbocycles. The summed E-state index contributed by atoms with van der Waals surface area (Å²) < 4.78 is 34.7. The summed E-state index contributed by atoms with van der Waals surface area (Å²) in [6.07, 6.45) is 1.30. The van der Waals surface area contributed by atoms with Crippen LogP contribution in [0.4, 0.5) is 13.6 Å². The number of likely N-dealkylation sites (tertiary alicyclic amines) is 1. The van der Waals surface area contributed by atoms with Crippen LogP contribution in [0, 0.1) is 17.6 Å². The molecular weight excluding hydrogens is 652 g/mol. The van der Waals surface area contributed by atoms with E-state index < -0.39 is 66.5 Å². The minimum Gasteiger partial charge on any atom is -0.481 e. The number of halogens is 2. The van der Waals surface area contributed by atoms with Gasteiger partial charge in [0.2, 0.25) is 17.7 Å². The van der Waals surface area contributed by atoms with E-state index in [-0.39, 0.29) is 55.8 Å². The molecule has 5 rings (SSSR count). The van der Waals surface area contributed by atoms with E-state index in [1.807, 2.05) is 0 Å². The zero-order chi connectivity index (χ0) is 35.2. The van der Waals surface area contributed by atoms with Gasteiger partial charge in [0.25, 0.3) is 11.8 Å². The van der Waals surface area contributed by atoms with Crippen LogP contribution in [0.15, 0.2) is 24.3 Å². The van der Waals surface area contributed by atoms with E-state index in [0.717, 1.165) is 40.6 Å². The number of aliphatic carboxylic acids is 1. The molecule has 18 heteroatoms. The molecule has 5 amide bonds. The van der Waals surface area contributed by atoms with Gasteiger partial charge < -0.3 is 40.3 Å². The summed E-state index contributed by atoms with van der Waals surface area (Å²) in [5, 5.41) is 27.9. The summed E-state index contributed by atoms with van der Waals surface area (Å²) in [5.41, 5.74) is -0.414. The number of carboxylic acid groups (broad SMARTS) is 2. The lowest BCUT2D eigenvalue weighted by atomic mass is 10.1. The van der Waals surface area contributed by atoms with Gasteiger partial charge in [0, 0.05) is 57.8 Å². The Hall–Kier alpha value is -5.29. The fourth-order valence-corrected chi connectivity index (χ4v) is 5.72. The zero-order valence-corrected chi connectivity index (χ0v) is 26.5. The largest absolute Gasteiger partial charge is 0.481 e. The van der Waals surface area contributed by atoms with Crippen molar-refractivity contribution in [2.45, 2.75) is 50.6 Å². The topological polar surface area (TPSA) is 204 Å². The van der Waals surface area contributed by atoms with Gasteiger partial charge in [-0.05, 0) is 50.2 Å². The number of carboxylic acids is 1. The second-order valence-corrected chi connectivity index (χ2v) is 12.2. The molecule has 1 aromatic heterocycles. The summed E-state index contributed by atoms with van der Waals surface area (Å²) >= 11 is 0. The van der Waals surface area contributed by atoms with E-state index in [1.165, 1.54) is 15.9 Å². The van der Waals surface area contributed by atoms with Crippen LogP contribution >= 0.6 is 0 Å². The Morgan fingerprint density at radius 3 is 2.31 bits per heavy atom. The summed E-state index contributed by atoms with van der Waals surface area (Å²) in [6.45, 7) is 0.422. The lowest BCUT2D eigenvalue weighted by Crippen LogP contribution is -2.55.